The minimum Gasteiger partial charge on any atom is -0.623 e. The lowest BCUT2D eigenvalue weighted by Gasteiger charge is -2.18. The van der Waals surface area contributed by atoms with Gasteiger partial charge in [-0.05, 0) is 35.0 Å². The van der Waals surface area contributed by atoms with Crippen molar-refractivity contribution < 1.29 is 19.4 Å². The van der Waals surface area contributed by atoms with Crippen molar-refractivity contribution in [2.45, 2.75) is 32.4 Å². The number of nitrogens with zero attached hydrogens (tertiary/aromatic N) is 1. The van der Waals surface area contributed by atoms with Gasteiger partial charge in [-0.2, -0.15) is 12.6 Å². The third kappa shape index (κ3) is 4.76. The van der Waals surface area contributed by atoms with Crippen molar-refractivity contribution in [2.24, 2.45) is 0 Å². The number of benzene rings is 2. The number of nitrogens with one attached hydrogen (secondary N) is 1. The van der Waals surface area contributed by atoms with Crippen LogP contribution >= 0.6 is 12.6 Å². The van der Waals surface area contributed by atoms with Gasteiger partial charge in [0.15, 0.2) is 11.8 Å². The molecule has 7 heteroatoms. The third-order valence-corrected chi connectivity index (χ3v) is 4.21. The highest BCUT2D eigenvalue weighted by atomic mass is 32.1. The van der Waals surface area contributed by atoms with Crippen molar-refractivity contribution in [3.8, 4) is 0 Å². The van der Waals surface area contributed by atoms with E-state index in [4.69, 9.17) is 5.11 Å². The van der Waals surface area contributed by atoms with Gasteiger partial charge in [-0.25, -0.2) is 9.53 Å². The Morgan fingerprint density at radius 1 is 1.23 bits per heavy atom. The van der Waals surface area contributed by atoms with Gasteiger partial charge in [0.1, 0.15) is 6.04 Å². The summed E-state index contributed by atoms with van der Waals surface area (Å²) in [6.45, 7) is 5.46. The number of carboxylic acids is 1. The number of hydroxylamine groups is 1. The molecule has 0 aromatic heterocycles. The molecule has 1 atom stereocenters. The van der Waals surface area contributed by atoms with Crippen LogP contribution in [0.4, 0.5) is 0 Å². The van der Waals surface area contributed by atoms with E-state index in [1.54, 1.807) is 18.2 Å². The number of hydrogen-bond acceptors (Lipinski definition) is 4. The Morgan fingerprint density at radius 3 is 2.46 bits per heavy atom. The Balaban J connectivity index is 2.34. The summed E-state index contributed by atoms with van der Waals surface area (Å²) in [5, 5.41) is 25.3. The molecule has 1 amide bonds. The van der Waals surface area contributed by atoms with Crippen LogP contribution in [0.15, 0.2) is 36.4 Å². The number of thiol groups is 1. The first-order chi connectivity index (χ1) is 12.1. The van der Waals surface area contributed by atoms with Crippen molar-refractivity contribution in [3.05, 3.63) is 52.7 Å². The van der Waals surface area contributed by atoms with Crippen LogP contribution in [0.2, 0.25) is 0 Å². The first-order valence-electron chi connectivity index (χ1n) is 8.11. The third-order valence-electron chi connectivity index (χ3n) is 3.84. The van der Waals surface area contributed by atoms with Crippen molar-refractivity contribution in [1.29, 1.82) is 0 Å². The predicted octanol–water partition coefficient (Wildman–Crippen LogP) is 2.68. The summed E-state index contributed by atoms with van der Waals surface area (Å²) in [6, 6.07) is 9.55. The largest absolute Gasteiger partial charge is 0.623 e. The summed E-state index contributed by atoms with van der Waals surface area (Å²) >= 11 is 3.94. The van der Waals surface area contributed by atoms with Crippen LogP contribution in [0.1, 0.15) is 36.7 Å². The SMILES string of the molecule is CC(C)(C)/[N+]([O-])=C\c1ccc2ccc(C(=O)NC(CS)C(=O)O)cc2c1. The van der Waals surface area contributed by atoms with Gasteiger partial charge >= 0.3 is 5.97 Å². The number of fused-ring (bicyclic) bond motifs is 1. The molecule has 0 heterocycles. The molecule has 138 valence electrons. The second kappa shape index (κ2) is 7.78. The Morgan fingerprint density at radius 2 is 1.88 bits per heavy atom. The number of hydrogen-bond donors (Lipinski definition) is 3. The summed E-state index contributed by atoms with van der Waals surface area (Å²) in [4.78, 5) is 23.3. The molecule has 0 spiro atoms. The van der Waals surface area contributed by atoms with Gasteiger partial charge in [-0.1, -0.05) is 12.1 Å². The van der Waals surface area contributed by atoms with Gasteiger partial charge < -0.3 is 15.6 Å². The quantitative estimate of drug-likeness (QED) is 0.247. The molecule has 0 radical (unpaired) electrons. The molecule has 0 aliphatic carbocycles. The highest BCUT2D eigenvalue weighted by molar-refractivity contribution is 7.80. The second-order valence-corrected chi connectivity index (χ2v) is 7.36. The van der Waals surface area contributed by atoms with Gasteiger partial charge in [0.05, 0.1) is 0 Å². The molecule has 0 aliphatic rings. The number of amides is 1. The van der Waals surface area contributed by atoms with Crippen LogP contribution in [-0.2, 0) is 4.79 Å². The van der Waals surface area contributed by atoms with Crippen LogP contribution in [0.3, 0.4) is 0 Å². The van der Waals surface area contributed by atoms with Crippen molar-refractivity contribution in [3.63, 3.8) is 0 Å². The zero-order valence-corrected chi connectivity index (χ0v) is 15.8. The van der Waals surface area contributed by atoms with Gasteiger partial charge in [0.2, 0.25) is 0 Å². The van der Waals surface area contributed by atoms with Crippen molar-refractivity contribution in [2.75, 3.05) is 5.75 Å². The Labute approximate surface area is 157 Å². The van der Waals surface area contributed by atoms with Gasteiger partial charge in [-0.3, -0.25) is 4.79 Å². The molecule has 6 nitrogen and oxygen atoms in total. The topological polar surface area (TPSA) is 92.5 Å². The highest BCUT2D eigenvalue weighted by Crippen LogP contribution is 2.18. The summed E-state index contributed by atoms with van der Waals surface area (Å²) < 4.78 is 0.884. The van der Waals surface area contributed by atoms with E-state index in [9.17, 15) is 14.8 Å². The van der Waals surface area contributed by atoms with Crippen LogP contribution < -0.4 is 5.32 Å². The van der Waals surface area contributed by atoms with Gasteiger partial charge in [0.25, 0.3) is 5.91 Å². The zero-order chi connectivity index (χ0) is 19.5. The molecule has 2 aromatic carbocycles. The normalized spacial score (nSPS) is 13.5. The van der Waals surface area contributed by atoms with E-state index in [1.807, 2.05) is 39.0 Å². The fraction of sp³-hybridized carbons (Fsp3) is 0.316. The molecule has 1 unspecified atom stereocenters. The number of carboxylic acid groups (broad SMARTS) is 1. The molecule has 26 heavy (non-hydrogen) atoms. The lowest BCUT2D eigenvalue weighted by molar-refractivity contribution is -0.530. The average Bonchev–Trinajstić information content (AvgIpc) is 2.57. The number of aliphatic carboxylic acids is 1. The Hall–Kier alpha value is -2.54. The standard InChI is InChI=1S/C19H22N2O4S/c1-19(2,3)21(25)10-12-4-5-13-6-7-14(9-15(13)8-12)17(22)20-16(11-26)18(23)24/h4-10,16,26H,11H2,1-3H3,(H,20,22)(H,23,24)/b21-10+. The first-order valence-corrected chi connectivity index (χ1v) is 8.75. The van der Waals surface area contributed by atoms with E-state index in [0.29, 0.717) is 5.56 Å². The fourth-order valence-corrected chi connectivity index (χ4v) is 2.49. The van der Waals surface area contributed by atoms with Crippen LogP contribution in [0.5, 0.6) is 0 Å². The highest BCUT2D eigenvalue weighted by Gasteiger charge is 2.20. The maximum atomic E-state index is 12.3. The molecule has 0 bridgehead atoms. The molecule has 2 rings (SSSR count). The predicted molar refractivity (Wildman–Crippen MR) is 105 cm³/mol. The maximum Gasteiger partial charge on any atom is 0.327 e. The van der Waals surface area contributed by atoms with E-state index in [-0.39, 0.29) is 5.75 Å². The van der Waals surface area contributed by atoms with E-state index in [2.05, 4.69) is 17.9 Å². The monoisotopic (exact) mass is 374 g/mol. The van der Waals surface area contributed by atoms with E-state index in [0.717, 1.165) is 21.1 Å². The molecule has 2 N–H and O–H groups in total. The van der Waals surface area contributed by atoms with Crippen molar-refractivity contribution >= 4 is 41.5 Å². The number of rotatable bonds is 5. The molecule has 2 aromatic rings. The van der Waals surface area contributed by atoms with Crippen LogP contribution in [0, 0.1) is 5.21 Å². The smallest absolute Gasteiger partial charge is 0.327 e. The minimum atomic E-state index is -1.14. The van der Waals surface area contributed by atoms with Gasteiger partial charge in [0, 0.05) is 37.7 Å². The minimum absolute atomic E-state index is 0.0000985. The maximum absolute atomic E-state index is 12.3. The summed E-state index contributed by atoms with van der Waals surface area (Å²) in [6.07, 6.45) is 1.51. The second-order valence-electron chi connectivity index (χ2n) is 6.99. The number of carbonyl (C=O) groups excluding carboxylic acids is 1. The first kappa shape index (κ1) is 19.8. The zero-order valence-electron chi connectivity index (χ0n) is 14.9. The Bertz CT molecular complexity index is 871. The van der Waals surface area contributed by atoms with E-state index in [1.165, 1.54) is 6.21 Å². The van der Waals surface area contributed by atoms with Crippen LogP contribution in [0.25, 0.3) is 10.8 Å². The molecular formula is C19H22N2O4S. The molecular weight excluding hydrogens is 352 g/mol. The van der Waals surface area contributed by atoms with E-state index < -0.39 is 23.5 Å². The van der Waals surface area contributed by atoms with Gasteiger partial charge in [-0.15, -0.1) is 0 Å². The molecule has 0 fully saturated rings. The number of carbonyl (C=O) groups is 2. The van der Waals surface area contributed by atoms with Crippen molar-refractivity contribution in [1.82, 2.24) is 5.32 Å². The van der Waals surface area contributed by atoms with Crippen LogP contribution in [-0.4, -0.2) is 45.3 Å². The summed E-state index contributed by atoms with van der Waals surface area (Å²) in [5.74, 6) is -1.62. The van der Waals surface area contributed by atoms with E-state index >= 15 is 0 Å². The lowest BCUT2D eigenvalue weighted by atomic mass is 10.0. The Kier molecular flexibility index (Phi) is 5.92. The summed E-state index contributed by atoms with van der Waals surface area (Å²) in [7, 11) is 0. The molecule has 0 aliphatic heterocycles. The fourth-order valence-electron chi connectivity index (χ4n) is 2.24. The molecule has 0 saturated carbocycles. The molecule has 0 saturated heterocycles. The average molecular weight is 374 g/mol. The summed E-state index contributed by atoms with van der Waals surface area (Å²) in [5.41, 5.74) is 0.520. The lowest BCUT2D eigenvalue weighted by Crippen LogP contribution is -2.42.